The summed E-state index contributed by atoms with van der Waals surface area (Å²) in [5.74, 6) is -0.0887. The molecule has 2 N–H and O–H groups in total. The lowest BCUT2D eigenvalue weighted by atomic mass is 10.0. The quantitative estimate of drug-likeness (QED) is 0.428. The standard InChI is InChI=1S/C19H22N2O5/c1-24-18(23)6-4-5-17(20-25-2)19(21-26-3)15-8-7-14-12-16(22)10-9-13(14)11-15/h5,7-12,20,22H,4,6H2,1-3H3. The molecule has 0 fully saturated rings. The van der Waals surface area contributed by atoms with E-state index in [1.54, 1.807) is 18.2 Å². The van der Waals surface area contributed by atoms with Gasteiger partial charge in [-0.1, -0.05) is 29.4 Å². The third-order valence-electron chi connectivity index (χ3n) is 3.67. The van der Waals surface area contributed by atoms with E-state index < -0.39 is 0 Å². The van der Waals surface area contributed by atoms with Gasteiger partial charge in [0, 0.05) is 12.0 Å². The molecule has 0 aliphatic rings. The zero-order valence-corrected chi connectivity index (χ0v) is 15.0. The van der Waals surface area contributed by atoms with Gasteiger partial charge in [-0.05, 0) is 35.4 Å². The molecule has 0 amide bonds. The van der Waals surface area contributed by atoms with Crippen molar-refractivity contribution in [2.45, 2.75) is 12.8 Å². The summed E-state index contributed by atoms with van der Waals surface area (Å²) in [6.45, 7) is 0. The van der Waals surface area contributed by atoms with Gasteiger partial charge in [-0.25, -0.2) is 0 Å². The van der Waals surface area contributed by atoms with Gasteiger partial charge in [0.1, 0.15) is 18.6 Å². The van der Waals surface area contributed by atoms with Crippen LogP contribution < -0.4 is 5.48 Å². The minimum Gasteiger partial charge on any atom is -0.508 e. The molecular formula is C19H22N2O5. The highest BCUT2D eigenvalue weighted by molar-refractivity contribution is 6.13. The maximum absolute atomic E-state index is 11.3. The predicted molar refractivity (Wildman–Crippen MR) is 98.6 cm³/mol. The molecule has 0 saturated carbocycles. The zero-order chi connectivity index (χ0) is 18.9. The van der Waals surface area contributed by atoms with E-state index in [4.69, 9.17) is 9.68 Å². The van der Waals surface area contributed by atoms with Crippen molar-refractivity contribution in [3.8, 4) is 5.75 Å². The summed E-state index contributed by atoms with van der Waals surface area (Å²) < 4.78 is 4.65. The molecule has 0 bridgehead atoms. The molecule has 0 unspecified atom stereocenters. The molecule has 0 aromatic heterocycles. The van der Waals surface area contributed by atoms with Crippen molar-refractivity contribution in [1.29, 1.82) is 0 Å². The van der Waals surface area contributed by atoms with Gasteiger partial charge in [-0.15, -0.1) is 0 Å². The largest absolute Gasteiger partial charge is 0.508 e. The van der Waals surface area contributed by atoms with Crippen molar-refractivity contribution in [2.75, 3.05) is 21.3 Å². The fourth-order valence-corrected chi connectivity index (χ4v) is 2.46. The van der Waals surface area contributed by atoms with E-state index in [0.717, 1.165) is 16.3 Å². The van der Waals surface area contributed by atoms with Gasteiger partial charge in [-0.3, -0.25) is 15.1 Å². The highest BCUT2D eigenvalue weighted by Gasteiger charge is 2.13. The van der Waals surface area contributed by atoms with E-state index >= 15 is 0 Å². The number of nitrogens with zero attached hydrogens (tertiary/aromatic N) is 1. The third kappa shape index (κ3) is 4.97. The number of aromatic hydroxyl groups is 1. The first-order valence-electron chi connectivity index (χ1n) is 7.99. The normalized spacial score (nSPS) is 12.1. The van der Waals surface area contributed by atoms with Gasteiger partial charge in [0.15, 0.2) is 0 Å². The van der Waals surface area contributed by atoms with Crippen LogP contribution in [0.1, 0.15) is 18.4 Å². The number of methoxy groups -OCH3 is 1. The molecule has 2 rings (SSSR count). The lowest BCUT2D eigenvalue weighted by Crippen LogP contribution is -2.21. The molecule has 7 heteroatoms. The van der Waals surface area contributed by atoms with Crippen LogP contribution in [0.25, 0.3) is 10.8 Å². The highest BCUT2D eigenvalue weighted by Crippen LogP contribution is 2.22. The van der Waals surface area contributed by atoms with E-state index in [2.05, 4.69) is 15.4 Å². The second-order valence-corrected chi connectivity index (χ2v) is 5.41. The van der Waals surface area contributed by atoms with Crippen molar-refractivity contribution in [3.05, 3.63) is 53.7 Å². The molecule has 0 radical (unpaired) electrons. The Morgan fingerprint density at radius 2 is 1.88 bits per heavy atom. The van der Waals surface area contributed by atoms with Crippen LogP contribution in [0, 0.1) is 0 Å². The van der Waals surface area contributed by atoms with Gasteiger partial charge >= 0.3 is 5.97 Å². The molecule has 138 valence electrons. The van der Waals surface area contributed by atoms with E-state index in [1.807, 2.05) is 24.3 Å². The van der Waals surface area contributed by atoms with Gasteiger partial charge in [0.05, 0.1) is 19.9 Å². The molecule has 2 aromatic rings. The van der Waals surface area contributed by atoms with Crippen molar-refractivity contribution in [2.24, 2.45) is 5.16 Å². The van der Waals surface area contributed by atoms with Gasteiger partial charge in [0.25, 0.3) is 0 Å². The van der Waals surface area contributed by atoms with Crippen LogP contribution in [0.15, 0.2) is 53.3 Å². The SMILES string of the molecule is CON=C(C(=CCCC(=O)OC)NOC)c1ccc2cc(O)ccc2c1. The highest BCUT2D eigenvalue weighted by atomic mass is 16.6. The third-order valence-corrected chi connectivity index (χ3v) is 3.67. The molecule has 0 saturated heterocycles. The summed E-state index contributed by atoms with van der Waals surface area (Å²) in [7, 11) is 4.30. The number of esters is 1. The number of oxime groups is 1. The van der Waals surface area contributed by atoms with Crippen LogP contribution in [0.2, 0.25) is 0 Å². The Morgan fingerprint density at radius 3 is 2.58 bits per heavy atom. The van der Waals surface area contributed by atoms with Crippen molar-refractivity contribution < 1.29 is 24.3 Å². The Morgan fingerprint density at radius 1 is 1.15 bits per heavy atom. The van der Waals surface area contributed by atoms with Crippen molar-refractivity contribution >= 4 is 22.5 Å². The molecule has 2 aromatic carbocycles. The summed E-state index contributed by atoms with van der Waals surface area (Å²) in [5.41, 5.74) is 4.65. The molecule has 7 nitrogen and oxygen atoms in total. The number of nitrogens with one attached hydrogen (secondary N) is 1. The molecular weight excluding hydrogens is 336 g/mol. The maximum atomic E-state index is 11.3. The van der Waals surface area contributed by atoms with Crippen molar-refractivity contribution in [3.63, 3.8) is 0 Å². The Hall–Kier alpha value is -3.06. The lowest BCUT2D eigenvalue weighted by Gasteiger charge is -2.13. The molecule has 0 atom stereocenters. The minimum atomic E-state index is -0.297. The fourth-order valence-electron chi connectivity index (χ4n) is 2.46. The number of rotatable bonds is 8. The van der Waals surface area contributed by atoms with Gasteiger partial charge < -0.3 is 14.7 Å². The second-order valence-electron chi connectivity index (χ2n) is 5.41. The fraction of sp³-hybridized carbons (Fsp3) is 0.263. The van der Waals surface area contributed by atoms with Gasteiger partial charge in [-0.2, -0.15) is 0 Å². The lowest BCUT2D eigenvalue weighted by molar-refractivity contribution is -0.140. The Kier molecular flexibility index (Phi) is 6.99. The number of hydrogen-bond donors (Lipinski definition) is 2. The number of ether oxygens (including phenoxy) is 1. The number of carbonyl (C=O) groups excluding carboxylic acids is 1. The monoisotopic (exact) mass is 358 g/mol. The Labute approximate surface area is 151 Å². The number of fused-ring (bicyclic) bond motifs is 1. The summed E-state index contributed by atoms with van der Waals surface area (Å²) in [5, 5.41) is 15.5. The van der Waals surface area contributed by atoms with Crippen LogP contribution in [-0.2, 0) is 19.2 Å². The zero-order valence-electron chi connectivity index (χ0n) is 15.0. The van der Waals surface area contributed by atoms with Crippen LogP contribution in [-0.4, -0.2) is 38.1 Å². The summed E-state index contributed by atoms with van der Waals surface area (Å²) in [6, 6.07) is 10.8. The van der Waals surface area contributed by atoms with Crippen LogP contribution in [0.4, 0.5) is 0 Å². The van der Waals surface area contributed by atoms with Gasteiger partial charge in [0.2, 0.25) is 0 Å². The Bertz CT molecular complexity index is 830. The van der Waals surface area contributed by atoms with Crippen LogP contribution >= 0.6 is 0 Å². The van der Waals surface area contributed by atoms with Crippen LogP contribution in [0.5, 0.6) is 5.75 Å². The number of carbonyl (C=O) groups is 1. The molecule has 26 heavy (non-hydrogen) atoms. The second kappa shape index (κ2) is 9.43. The minimum absolute atomic E-state index is 0.209. The molecule has 0 spiro atoms. The van der Waals surface area contributed by atoms with E-state index in [-0.39, 0.29) is 18.1 Å². The van der Waals surface area contributed by atoms with Crippen LogP contribution in [0.3, 0.4) is 0 Å². The predicted octanol–water partition coefficient (Wildman–Crippen LogP) is 2.88. The first-order chi connectivity index (χ1) is 12.6. The van der Waals surface area contributed by atoms with E-state index in [1.165, 1.54) is 21.3 Å². The molecule has 0 aliphatic carbocycles. The summed E-state index contributed by atoms with van der Waals surface area (Å²) >= 11 is 0. The maximum Gasteiger partial charge on any atom is 0.305 e. The number of benzene rings is 2. The average Bonchev–Trinajstić information content (AvgIpc) is 2.65. The van der Waals surface area contributed by atoms with Crippen molar-refractivity contribution in [1.82, 2.24) is 5.48 Å². The number of phenolic OH excluding ortho intramolecular Hbond substituents is 1. The Balaban J connectivity index is 2.38. The number of allylic oxidation sites excluding steroid dienone is 2. The van der Waals surface area contributed by atoms with E-state index in [0.29, 0.717) is 17.8 Å². The van der Waals surface area contributed by atoms with E-state index in [9.17, 15) is 9.90 Å². The first kappa shape index (κ1) is 19.3. The smallest absolute Gasteiger partial charge is 0.305 e. The molecule has 0 aliphatic heterocycles. The number of hydrogen-bond acceptors (Lipinski definition) is 7. The number of hydroxylamine groups is 1. The number of phenols is 1. The summed E-state index contributed by atoms with van der Waals surface area (Å²) in [4.78, 5) is 21.3. The molecule has 0 heterocycles. The topological polar surface area (TPSA) is 89.4 Å². The average molecular weight is 358 g/mol. The first-order valence-corrected chi connectivity index (χ1v) is 7.99. The summed E-state index contributed by atoms with van der Waals surface area (Å²) in [6.07, 6.45) is 2.48.